The number of alkyl halides is 1. The molecular formula is C14H18FN7O. The van der Waals surface area contributed by atoms with E-state index in [-0.39, 0.29) is 24.9 Å². The van der Waals surface area contributed by atoms with E-state index in [0.29, 0.717) is 31.8 Å². The molecule has 0 spiro atoms. The molecular weight excluding hydrogens is 301 g/mol. The van der Waals surface area contributed by atoms with Crippen LogP contribution in [0.4, 0.5) is 10.2 Å². The molecule has 0 bridgehead atoms. The van der Waals surface area contributed by atoms with Gasteiger partial charge >= 0.3 is 0 Å². The van der Waals surface area contributed by atoms with Crippen LogP contribution in [-0.4, -0.2) is 75.6 Å². The van der Waals surface area contributed by atoms with Gasteiger partial charge in [0.25, 0.3) is 0 Å². The topological polar surface area (TPSA) is 78.7 Å². The van der Waals surface area contributed by atoms with E-state index in [0.717, 1.165) is 5.82 Å². The highest BCUT2D eigenvalue weighted by atomic mass is 19.1. The minimum absolute atomic E-state index is 0.00650. The Bertz CT molecular complexity index is 712. The van der Waals surface area contributed by atoms with Gasteiger partial charge in [-0.2, -0.15) is 4.52 Å². The van der Waals surface area contributed by atoms with Crippen molar-refractivity contribution in [2.24, 2.45) is 0 Å². The second-order valence-corrected chi connectivity index (χ2v) is 5.93. The summed E-state index contributed by atoms with van der Waals surface area (Å²) in [5.41, 5.74) is 0.704. The number of halogens is 1. The summed E-state index contributed by atoms with van der Waals surface area (Å²) in [5.74, 6) is 0.847. The van der Waals surface area contributed by atoms with Gasteiger partial charge in [0.15, 0.2) is 5.65 Å². The number of rotatable bonds is 2. The molecule has 2 aromatic heterocycles. The van der Waals surface area contributed by atoms with Crippen molar-refractivity contribution in [1.82, 2.24) is 30.0 Å². The van der Waals surface area contributed by atoms with Crippen molar-refractivity contribution in [3.63, 3.8) is 0 Å². The largest absolute Gasteiger partial charge is 0.352 e. The Balaban J connectivity index is 1.39. The molecule has 2 atom stereocenters. The SMILES string of the molecule is O=C([C@H]1C[C@H](F)CN1)N1CCN(c2ccc3nncn3n2)CC1. The Morgan fingerprint density at radius 2 is 2.09 bits per heavy atom. The van der Waals surface area contributed by atoms with Crippen molar-refractivity contribution in [2.45, 2.75) is 18.6 Å². The zero-order chi connectivity index (χ0) is 15.8. The molecule has 1 amide bonds. The molecule has 0 saturated carbocycles. The van der Waals surface area contributed by atoms with Gasteiger partial charge < -0.3 is 15.1 Å². The number of hydrogen-bond donors (Lipinski definition) is 1. The third-order valence-electron chi connectivity index (χ3n) is 4.44. The first kappa shape index (κ1) is 14.3. The number of fused-ring (bicyclic) bond motifs is 1. The van der Waals surface area contributed by atoms with Crippen LogP contribution in [0.25, 0.3) is 5.65 Å². The summed E-state index contributed by atoms with van der Waals surface area (Å²) in [6.07, 6.45) is 0.938. The van der Waals surface area contributed by atoms with E-state index >= 15 is 0 Å². The van der Waals surface area contributed by atoms with Gasteiger partial charge in [-0.3, -0.25) is 4.79 Å². The molecule has 2 saturated heterocycles. The number of aromatic nitrogens is 4. The highest BCUT2D eigenvalue weighted by Crippen LogP contribution is 2.17. The average Bonchev–Trinajstić information content (AvgIpc) is 3.22. The Morgan fingerprint density at radius 3 is 2.83 bits per heavy atom. The van der Waals surface area contributed by atoms with E-state index in [2.05, 4.69) is 25.5 Å². The minimum Gasteiger partial charge on any atom is -0.352 e. The van der Waals surface area contributed by atoms with E-state index in [9.17, 15) is 9.18 Å². The summed E-state index contributed by atoms with van der Waals surface area (Å²) in [6, 6.07) is 3.41. The molecule has 0 radical (unpaired) electrons. The summed E-state index contributed by atoms with van der Waals surface area (Å²) in [5, 5.41) is 15.2. The van der Waals surface area contributed by atoms with Crippen LogP contribution in [0.1, 0.15) is 6.42 Å². The first-order valence-electron chi connectivity index (χ1n) is 7.79. The lowest BCUT2D eigenvalue weighted by molar-refractivity contribution is -0.133. The van der Waals surface area contributed by atoms with Gasteiger partial charge in [-0.05, 0) is 12.1 Å². The van der Waals surface area contributed by atoms with E-state index in [1.165, 1.54) is 0 Å². The number of nitrogens with one attached hydrogen (secondary N) is 1. The number of anilines is 1. The second-order valence-electron chi connectivity index (χ2n) is 5.93. The Kier molecular flexibility index (Phi) is 3.56. The van der Waals surface area contributed by atoms with Crippen LogP contribution in [0, 0.1) is 0 Å². The predicted molar refractivity (Wildman–Crippen MR) is 80.9 cm³/mol. The monoisotopic (exact) mass is 319 g/mol. The lowest BCUT2D eigenvalue weighted by atomic mass is 10.1. The third-order valence-corrected chi connectivity index (χ3v) is 4.44. The molecule has 4 rings (SSSR count). The zero-order valence-electron chi connectivity index (χ0n) is 12.6. The number of hydrogen-bond acceptors (Lipinski definition) is 6. The molecule has 4 heterocycles. The summed E-state index contributed by atoms with van der Waals surface area (Å²) in [6.45, 7) is 2.93. The molecule has 8 nitrogen and oxygen atoms in total. The molecule has 1 N–H and O–H groups in total. The first-order chi connectivity index (χ1) is 11.2. The number of carbonyl (C=O) groups is 1. The quantitative estimate of drug-likeness (QED) is 0.802. The molecule has 122 valence electrons. The van der Waals surface area contributed by atoms with E-state index in [4.69, 9.17) is 0 Å². The van der Waals surface area contributed by atoms with Crippen LogP contribution in [0.3, 0.4) is 0 Å². The van der Waals surface area contributed by atoms with Gasteiger partial charge in [0.1, 0.15) is 18.3 Å². The van der Waals surface area contributed by atoms with Crippen LogP contribution in [0.2, 0.25) is 0 Å². The number of carbonyl (C=O) groups excluding carboxylic acids is 1. The number of nitrogens with zero attached hydrogens (tertiary/aromatic N) is 6. The fourth-order valence-electron chi connectivity index (χ4n) is 3.14. The highest BCUT2D eigenvalue weighted by Gasteiger charge is 2.33. The maximum Gasteiger partial charge on any atom is 0.239 e. The van der Waals surface area contributed by atoms with Crippen LogP contribution in [-0.2, 0) is 4.79 Å². The molecule has 9 heteroatoms. The lowest BCUT2D eigenvalue weighted by Gasteiger charge is -2.36. The van der Waals surface area contributed by atoms with Crippen molar-refractivity contribution in [3.05, 3.63) is 18.5 Å². The predicted octanol–water partition coefficient (Wildman–Crippen LogP) is -0.527. The summed E-state index contributed by atoms with van der Waals surface area (Å²) in [4.78, 5) is 16.3. The summed E-state index contributed by atoms with van der Waals surface area (Å²) < 4.78 is 14.9. The van der Waals surface area contributed by atoms with Gasteiger partial charge in [-0.25, -0.2) is 4.39 Å². The molecule has 23 heavy (non-hydrogen) atoms. The van der Waals surface area contributed by atoms with E-state index < -0.39 is 6.17 Å². The van der Waals surface area contributed by atoms with Crippen LogP contribution in [0.5, 0.6) is 0 Å². The van der Waals surface area contributed by atoms with Crippen LogP contribution < -0.4 is 10.2 Å². The van der Waals surface area contributed by atoms with Gasteiger partial charge in [-0.15, -0.1) is 15.3 Å². The summed E-state index contributed by atoms with van der Waals surface area (Å²) in [7, 11) is 0. The molecule has 0 aromatic carbocycles. The van der Waals surface area contributed by atoms with Crippen molar-refractivity contribution >= 4 is 17.4 Å². The summed E-state index contributed by atoms with van der Waals surface area (Å²) >= 11 is 0. The number of piperazine rings is 1. The van der Waals surface area contributed by atoms with Crippen molar-refractivity contribution < 1.29 is 9.18 Å². The zero-order valence-corrected chi connectivity index (χ0v) is 12.6. The smallest absolute Gasteiger partial charge is 0.239 e. The lowest BCUT2D eigenvalue weighted by Crippen LogP contribution is -2.53. The van der Waals surface area contributed by atoms with Crippen molar-refractivity contribution in [3.8, 4) is 0 Å². The molecule has 0 aliphatic carbocycles. The molecule has 2 aliphatic rings. The van der Waals surface area contributed by atoms with Gasteiger partial charge in [0.05, 0.1) is 6.04 Å². The highest BCUT2D eigenvalue weighted by molar-refractivity contribution is 5.82. The normalized spacial score (nSPS) is 25.3. The second kappa shape index (κ2) is 5.73. The standard InChI is InChI=1S/C14H18FN7O/c15-10-7-11(16-8-10)14(23)21-5-3-20(4-6-21)13-2-1-12-18-17-9-22(12)19-13/h1-2,9-11,16H,3-8H2/t10-,11+/m0/s1. The molecule has 2 aliphatic heterocycles. The van der Waals surface area contributed by atoms with Crippen molar-refractivity contribution in [2.75, 3.05) is 37.6 Å². The fourth-order valence-corrected chi connectivity index (χ4v) is 3.14. The molecule has 0 unspecified atom stereocenters. The molecule has 2 fully saturated rings. The van der Waals surface area contributed by atoms with Crippen LogP contribution in [0.15, 0.2) is 18.5 Å². The van der Waals surface area contributed by atoms with E-state index in [1.807, 2.05) is 17.0 Å². The fraction of sp³-hybridized carbons (Fsp3) is 0.571. The van der Waals surface area contributed by atoms with Gasteiger partial charge in [0, 0.05) is 39.1 Å². The maximum absolute atomic E-state index is 13.2. The molecule has 2 aromatic rings. The van der Waals surface area contributed by atoms with Crippen LogP contribution >= 0.6 is 0 Å². The number of amides is 1. The van der Waals surface area contributed by atoms with E-state index in [1.54, 1.807) is 10.8 Å². The van der Waals surface area contributed by atoms with Gasteiger partial charge in [0.2, 0.25) is 5.91 Å². The first-order valence-corrected chi connectivity index (χ1v) is 7.79. The average molecular weight is 319 g/mol. The Hall–Kier alpha value is -2.29. The van der Waals surface area contributed by atoms with Crippen molar-refractivity contribution in [1.29, 1.82) is 0 Å². The third kappa shape index (κ3) is 2.72. The van der Waals surface area contributed by atoms with Gasteiger partial charge in [-0.1, -0.05) is 0 Å². The Morgan fingerprint density at radius 1 is 1.26 bits per heavy atom. The Labute approximate surface area is 132 Å². The maximum atomic E-state index is 13.2. The minimum atomic E-state index is -0.912.